The van der Waals surface area contributed by atoms with Crippen LogP contribution in [0.2, 0.25) is 0 Å². The zero-order valence-electron chi connectivity index (χ0n) is 19.4. The van der Waals surface area contributed by atoms with Crippen molar-refractivity contribution in [2.75, 3.05) is 13.2 Å². The number of hydrogen-bond donors (Lipinski definition) is 0. The zero-order chi connectivity index (χ0) is 21.5. The second-order valence-corrected chi connectivity index (χ2v) is 10.5. The van der Waals surface area contributed by atoms with Crippen molar-refractivity contribution in [1.82, 2.24) is 0 Å². The summed E-state index contributed by atoms with van der Waals surface area (Å²) in [6.07, 6.45) is 9.11. The van der Waals surface area contributed by atoms with E-state index in [1.807, 2.05) is 6.92 Å². The van der Waals surface area contributed by atoms with Crippen molar-refractivity contribution in [3.05, 3.63) is 0 Å². The molecular formula is C24H40O7. The molecule has 6 atom stereocenters. The maximum Gasteiger partial charge on any atom is 0.190 e. The number of rotatable bonds is 6. The van der Waals surface area contributed by atoms with E-state index in [1.165, 1.54) is 12.8 Å². The predicted molar refractivity (Wildman–Crippen MR) is 112 cm³/mol. The van der Waals surface area contributed by atoms with Gasteiger partial charge in [0.1, 0.15) is 24.4 Å². The fraction of sp³-hybridized carbons (Fsp3) is 1.00. The van der Waals surface area contributed by atoms with Gasteiger partial charge < -0.3 is 33.2 Å². The molecule has 0 aromatic heterocycles. The van der Waals surface area contributed by atoms with E-state index in [1.54, 1.807) is 0 Å². The predicted octanol–water partition coefficient (Wildman–Crippen LogP) is 4.27. The van der Waals surface area contributed by atoms with Crippen LogP contribution in [0.1, 0.15) is 85.0 Å². The van der Waals surface area contributed by atoms with E-state index in [9.17, 15) is 0 Å². The lowest BCUT2D eigenvalue weighted by molar-refractivity contribution is -0.297. The fourth-order valence-electron chi connectivity index (χ4n) is 5.82. The second-order valence-electron chi connectivity index (χ2n) is 10.5. The monoisotopic (exact) mass is 440 g/mol. The Morgan fingerprint density at radius 3 is 2.10 bits per heavy atom. The van der Waals surface area contributed by atoms with Crippen LogP contribution in [0.15, 0.2) is 0 Å². The first-order chi connectivity index (χ1) is 15.0. The van der Waals surface area contributed by atoms with Gasteiger partial charge in [-0.25, -0.2) is 0 Å². The molecule has 3 saturated heterocycles. The number of ether oxygens (including phenoxy) is 7. The molecule has 5 rings (SSSR count). The molecule has 0 aromatic carbocycles. The average Bonchev–Trinajstić information content (AvgIpc) is 3.41. The first-order valence-electron chi connectivity index (χ1n) is 12.6. The highest BCUT2D eigenvalue weighted by atomic mass is 16.8. The zero-order valence-corrected chi connectivity index (χ0v) is 19.4. The van der Waals surface area contributed by atoms with Gasteiger partial charge >= 0.3 is 0 Å². The molecular weight excluding hydrogens is 400 g/mol. The molecule has 0 radical (unpaired) electrons. The van der Waals surface area contributed by atoms with Gasteiger partial charge in [0.2, 0.25) is 0 Å². The lowest BCUT2D eigenvalue weighted by atomic mass is 9.94. The lowest BCUT2D eigenvalue weighted by Gasteiger charge is -2.35. The van der Waals surface area contributed by atoms with Crippen LogP contribution in [0, 0.1) is 5.92 Å². The van der Waals surface area contributed by atoms with E-state index in [0.717, 1.165) is 51.4 Å². The van der Waals surface area contributed by atoms with E-state index in [2.05, 4.69) is 13.8 Å². The van der Waals surface area contributed by atoms with Crippen molar-refractivity contribution >= 4 is 0 Å². The third kappa shape index (κ3) is 4.70. The van der Waals surface area contributed by atoms with E-state index in [-0.39, 0.29) is 30.7 Å². The summed E-state index contributed by atoms with van der Waals surface area (Å²) in [4.78, 5) is 0. The molecule has 178 valence electrons. The van der Waals surface area contributed by atoms with Gasteiger partial charge in [0.25, 0.3) is 0 Å². The first kappa shape index (κ1) is 22.5. The highest BCUT2D eigenvalue weighted by Gasteiger charge is 2.62. The van der Waals surface area contributed by atoms with Crippen molar-refractivity contribution in [3.63, 3.8) is 0 Å². The molecule has 0 bridgehead atoms. The molecule has 0 aromatic rings. The number of fused-ring (bicyclic) bond motifs is 1. The van der Waals surface area contributed by atoms with Crippen molar-refractivity contribution in [1.29, 1.82) is 0 Å². The van der Waals surface area contributed by atoms with E-state index in [4.69, 9.17) is 33.2 Å². The Balaban J connectivity index is 1.29. The van der Waals surface area contributed by atoms with Crippen LogP contribution < -0.4 is 0 Å². The lowest BCUT2D eigenvalue weighted by Crippen LogP contribution is -2.43. The molecule has 7 heteroatoms. The van der Waals surface area contributed by atoms with E-state index in [0.29, 0.717) is 19.1 Å². The standard InChI is InChI=1S/C24H40O7/c1-16(2)14-25-17(3)27-22-21-20(30-24(31-21)12-8-5-9-13-24)19(28-22)18-15-26-23(29-18)10-6-4-7-11-23/h16-22H,4-15H2,1-3H3/t17?,18?,19-,20+,21+,22?/m1/s1. The molecule has 0 N–H and O–H groups in total. The largest absolute Gasteiger partial charge is 0.353 e. The summed E-state index contributed by atoms with van der Waals surface area (Å²) < 4.78 is 44.3. The van der Waals surface area contributed by atoms with Crippen molar-refractivity contribution < 1.29 is 33.2 Å². The topological polar surface area (TPSA) is 64.6 Å². The third-order valence-electron chi connectivity index (χ3n) is 7.37. The third-order valence-corrected chi connectivity index (χ3v) is 7.37. The summed E-state index contributed by atoms with van der Waals surface area (Å²) in [5.74, 6) is -0.485. The highest BCUT2D eigenvalue weighted by molar-refractivity contribution is 5.02. The molecule has 3 aliphatic heterocycles. The Hall–Kier alpha value is -0.280. The van der Waals surface area contributed by atoms with Crippen LogP contribution in [0.3, 0.4) is 0 Å². The molecule has 5 aliphatic rings. The summed E-state index contributed by atoms with van der Waals surface area (Å²) in [7, 11) is 0. The molecule has 3 unspecified atom stereocenters. The normalized spacial score (nSPS) is 40.1. The van der Waals surface area contributed by atoms with Crippen LogP contribution in [0.25, 0.3) is 0 Å². The van der Waals surface area contributed by atoms with Gasteiger partial charge in [-0.1, -0.05) is 26.7 Å². The van der Waals surface area contributed by atoms with Crippen LogP contribution in [0.4, 0.5) is 0 Å². The Labute approximate surface area is 186 Å². The fourth-order valence-corrected chi connectivity index (χ4v) is 5.82. The van der Waals surface area contributed by atoms with Gasteiger partial charge in [0, 0.05) is 25.7 Å². The van der Waals surface area contributed by atoms with Crippen molar-refractivity contribution in [2.24, 2.45) is 5.92 Å². The number of hydrogen-bond acceptors (Lipinski definition) is 7. The van der Waals surface area contributed by atoms with Gasteiger partial charge in [-0.3, -0.25) is 0 Å². The molecule has 0 amide bonds. The molecule has 2 saturated carbocycles. The Bertz CT molecular complexity index is 599. The Morgan fingerprint density at radius 1 is 0.774 bits per heavy atom. The van der Waals surface area contributed by atoms with Crippen LogP contribution >= 0.6 is 0 Å². The average molecular weight is 441 g/mol. The minimum atomic E-state index is -0.523. The molecule has 2 aliphatic carbocycles. The smallest absolute Gasteiger partial charge is 0.190 e. The Kier molecular flexibility index (Phi) is 6.65. The maximum absolute atomic E-state index is 6.62. The second kappa shape index (κ2) is 9.16. The minimum absolute atomic E-state index is 0.159. The summed E-state index contributed by atoms with van der Waals surface area (Å²) in [5.41, 5.74) is 0. The first-order valence-corrected chi connectivity index (χ1v) is 12.6. The molecule has 31 heavy (non-hydrogen) atoms. The van der Waals surface area contributed by atoms with Crippen LogP contribution in [-0.4, -0.2) is 61.8 Å². The van der Waals surface area contributed by atoms with E-state index >= 15 is 0 Å². The SMILES string of the molecule is CC(C)COC(C)OC1O[C@H](C2COC3(CCCCC3)O2)[C@@H]2OC3(CCCCC3)O[C@H]12. The van der Waals surface area contributed by atoms with Gasteiger partial charge in [-0.05, 0) is 38.5 Å². The minimum Gasteiger partial charge on any atom is -0.353 e. The molecule has 7 nitrogen and oxygen atoms in total. The summed E-state index contributed by atoms with van der Waals surface area (Å²) >= 11 is 0. The van der Waals surface area contributed by atoms with Gasteiger partial charge in [0.15, 0.2) is 24.2 Å². The maximum atomic E-state index is 6.62. The van der Waals surface area contributed by atoms with Crippen molar-refractivity contribution in [2.45, 2.75) is 134 Å². The molecule has 2 spiro atoms. The summed E-state index contributed by atoms with van der Waals surface area (Å²) in [5, 5.41) is 0. The van der Waals surface area contributed by atoms with Gasteiger partial charge in [0.05, 0.1) is 13.2 Å². The molecule has 5 fully saturated rings. The van der Waals surface area contributed by atoms with Crippen LogP contribution in [-0.2, 0) is 33.2 Å². The van der Waals surface area contributed by atoms with Gasteiger partial charge in [-0.2, -0.15) is 0 Å². The Morgan fingerprint density at radius 2 is 1.42 bits per heavy atom. The van der Waals surface area contributed by atoms with E-state index < -0.39 is 17.9 Å². The summed E-state index contributed by atoms with van der Waals surface area (Å²) in [6, 6.07) is 0. The summed E-state index contributed by atoms with van der Waals surface area (Å²) in [6.45, 7) is 7.37. The highest BCUT2D eigenvalue weighted by Crippen LogP contribution is 2.49. The van der Waals surface area contributed by atoms with Crippen LogP contribution in [0.5, 0.6) is 0 Å². The van der Waals surface area contributed by atoms with Gasteiger partial charge in [-0.15, -0.1) is 0 Å². The molecule has 3 heterocycles. The quantitative estimate of drug-likeness (QED) is 0.572. The van der Waals surface area contributed by atoms with Crippen molar-refractivity contribution in [3.8, 4) is 0 Å².